The van der Waals surface area contributed by atoms with E-state index in [9.17, 15) is 4.79 Å². The maximum absolute atomic E-state index is 12.3. The fraction of sp³-hybridized carbons (Fsp3) is 0.471. The van der Waals surface area contributed by atoms with Gasteiger partial charge in [-0.3, -0.25) is 9.69 Å². The lowest BCUT2D eigenvalue weighted by Gasteiger charge is -2.25. The topological polar surface area (TPSA) is 45.3 Å². The quantitative estimate of drug-likeness (QED) is 0.796. The Hall–Kier alpha value is -1.30. The number of pyridine rings is 1. The molecular formula is C17H24N2O2S. The number of H-pyrrole nitrogens is 1. The summed E-state index contributed by atoms with van der Waals surface area (Å²) in [6.07, 6.45) is 2.03. The van der Waals surface area contributed by atoms with Gasteiger partial charge in [0, 0.05) is 42.2 Å². The van der Waals surface area contributed by atoms with Gasteiger partial charge in [-0.2, -0.15) is 0 Å². The highest BCUT2D eigenvalue weighted by Gasteiger charge is 2.13. The van der Waals surface area contributed by atoms with E-state index in [4.69, 9.17) is 4.74 Å². The summed E-state index contributed by atoms with van der Waals surface area (Å²) in [5, 5.41) is 1.07. The zero-order valence-electron chi connectivity index (χ0n) is 13.7. The van der Waals surface area contributed by atoms with Crippen molar-refractivity contribution in [2.45, 2.75) is 31.3 Å². The van der Waals surface area contributed by atoms with E-state index in [0.717, 1.165) is 27.9 Å². The van der Waals surface area contributed by atoms with Crippen molar-refractivity contribution in [3.05, 3.63) is 40.2 Å². The van der Waals surface area contributed by atoms with E-state index in [-0.39, 0.29) is 5.56 Å². The van der Waals surface area contributed by atoms with Gasteiger partial charge in [-0.25, -0.2) is 0 Å². The Morgan fingerprint density at radius 2 is 2.09 bits per heavy atom. The molecule has 0 bridgehead atoms. The van der Waals surface area contributed by atoms with E-state index in [1.54, 1.807) is 18.9 Å². The van der Waals surface area contributed by atoms with E-state index in [1.165, 1.54) is 0 Å². The van der Waals surface area contributed by atoms with Crippen LogP contribution >= 0.6 is 11.8 Å². The summed E-state index contributed by atoms with van der Waals surface area (Å²) in [5.74, 6) is 0. The van der Waals surface area contributed by atoms with Crippen LogP contribution in [0.5, 0.6) is 0 Å². The number of thioether (sulfide) groups is 1. The summed E-state index contributed by atoms with van der Waals surface area (Å²) in [7, 11) is 1.70. The Labute approximate surface area is 135 Å². The zero-order valence-corrected chi connectivity index (χ0v) is 14.5. The minimum Gasteiger partial charge on any atom is -0.383 e. The third-order valence-electron chi connectivity index (χ3n) is 3.82. The standard InChI is InChI=1S/C17H24N2O2S/c1-12(2)19(7-8-21-3)11-14-9-13-5-6-15(22-4)10-16(13)18-17(14)20/h5-6,9-10,12H,7-8,11H2,1-4H3,(H,18,20). The van der Waals surface area contributed by atoms with Gasteiger partial charge >= 0.3 is 0 Å². The van der Waals surface area contributed by atoms with Crippen LogP contribution in [0, 0.1) is 0 Å². The van der Waals surface area contributed by atoms with Crippen molar-refractivity contribution in [1.29, 1.82) is 0 Å². The van der Waals surface area contributed by atoms with Crippen molar-refractivity contribution in [2.75, 3.05) is 26.5 Å². The second-order valence-corrected chi connectivity index (χ2v) is 6.51. The van der Waals surface area contributed by atoms with E-state index in [1.807, 2.05) is 18.4 Å². The molecule has 5 heteroatoms. The maximum atomic E-state index is 12.3. The number of aromatic amines is 1. The lowest BCUT2D eigenvalue weighted by molar-refractivity contribution is 0.124. The molecule has 1 aromatic carbocycles. The van der Waals surface area contributed by atoms with Crippen LogP contribution < -0.4 is 5.56 Å². The first-order chi connectivity index (χ1) is 10.5. The molecule has 0 aliphatic rings. The molecule has 0 unspecified atom stereocenters. The van der Waals surface area contributed by atoms with E-state index in [0.29, 0.717) is 19.2 Å². The van der Waals surface area contributed by atoms with Crippen LogP contribution in [0.15, 0.2) is 34.0 Å². The van der Waals surface area contributed by atoms with Crippen molar-refractivity contribution >= 4 is 22.7 Å². The second-order valence-electron chi connectivity index (χ2n) is 5.63. The molecule has 0 spiro atoms. The lowest BCUT2D eigenvalue weighted by atomic mass is 10.1. The summed E-state index contributed by atoms with van der Waals surface area (Å²) in [4.78, 5) is 18.7. The van der Waals surface area contributed by atoms with E-state index < -0.39 is 0 Å². The molecule has 4 nitrogen and oxygen atoms in total. The summed E-state index contributed by atoms with van der Waals surface area (Å²) in [5.41, 5.74) is 1.69. The first kappa shape index (κ1) is 17.1. The van der Waals surface area contributed by atoms with Crippen LogP contribution in [-0.4, -0.2) is 42.4 Å². The van der Waals surface area contributed by atoms with Gasteiger partial charge in [0.25, 0.3) is 5.56 Å². The largest absolute Gasteiger partial charge is 0.383 e. The average molecular weight is 320 g/mol. The van der Waals surface area contributed by atoms with Crippen LogP contribution in [0.2, 0.25) is 0 Å². The number of benzene rings is 1. The SMILES string of the molecule is COCCN(Cc1cc2ccc(SC)cc2[nH]c1=O)C(C)C. The number of nitrogens with one attached hydrogen (secondary N) is 1. The molecule has 1 N–H and O–H groups in total. The minimum atomic E-state index is -0.00572. The number of fused-ring (bicyclic) bond motifs is 1. The van der Waals surface area contributed by atoms with Crippen LogP contribution in [-0.2, 0) is 11.3 Å². The zero-order chi connectivity index (χ0) is 16.1. The lowest BCUT2D eigenvalue weighted by Crippen LogP contribution is -2.35. The molecule has 0 amide bonds. The normalized spacial score (nSPS) is 11.7. The van der Waals surface area contributed by atoms with E-state index >= 15 is 0 Å². The van der Waals surface area contributed by atoms with Crippen LogP contribution in [0.4, 0.5) is 0 Å². The maximum Gasteiger partial charge on any atom is 0.252 e. The molecule has 0 radical (unpaired) electrons. The molecule has 0 saturated carbocycles. The molecule has 2 rings (SSSR count). The Morgan fingerprint density at radius 1 is 1.32 bits per heavy atom. The van der Waals surface area contributed by atoms with Gasteiger partial charge in [0.2, 0.25) is 0 Å². The molecule has 0 fully saturated rings. The average Bonchev–Trinajstić information content (AvgIpc) is 2.50. The van der Waals surface area contributed by atoms with Gasteiger partial charge in [-0.15, -0.1) is 11.8 Å². The summed E-state index contributed by atoms with van der Waals surface area (Å²) in [6.45, 7) is 6.39. The molecular weight excluding hydrogens is 296 g/mol. The summed E-state index contributed by atoms with van der Waals surface area (Å²) in [6, 6.07) is 8.54. The van der Waals surface area contributed by atoms with Crippen LogP contribution in [0.25, 0.3) is 10.9 Å². The number of rotatable bonds is 7. The first-order valence-corrected chi connectivity index (χ1v) is 8.70. The van der Waals surface area contributed by atoms with Crippen molar-refractivity contribution < 1.29 is 4.74 Å². The van der Waals surface area contributed by atoms with Crippen molar-refractivity contribution in [3.8, 4) is 0 Å². The van der Waals surface area contributed by atoms with E-state index in [2.05, 4.69) is 35.9 Å². The third kappa shape index (κ3) is 4.12. The second kappa shape index (κ2) is 7.81. The van der Waals surface area contributed by atoms with Gasteiger partial charge in [0.15, 0.2) is 0 Å². The van der Waals surface area contributed by atoms with Gasteiger partial charge in [-0.1, -0.05) is 6.07 Å². The molecule has 0 aliphatic carbocycles. The number of ether oxygens (including phenoxy) is 1. The summed E-state index contributed by atoms with van der Waals surface area (Å²) < 4.78 is 5.16. The highest BCUT2D eigenvalue weighted by atomic mass is 32.2. The molecule has 0 saturated heterocycles. The van der Waals surface area contributed by atoms with Gasteiger partial charge in [0.05, 0.1) is 6.61 Å². The number of aromatic nitrogens is 1. The fourth-order valence-electron chi connectivity index (χ4n) is 2.42. The predicted octanol–water partition coefficient (Wildman–Crippen LogP) is 3.11. The number of methoxy groups -OCH3 is 1. The van der Waals surface area contributed by atoms with Crippen LogP contribution in [0.3, 0.4) is 0 Å². The predicted molar refractivity (Wildman–Crippen MR) is 93.8 cm³/mol. The molecule has 22 heavy (non-hydrogen) atoms. The highest BCUT2D eigenvalue weighted by Crippen LogP contribution is 2.20. The van der Waals surface area contributed by atoms with Crippen molar-refractivity contribution in [3.63, 3.8) is 0 Å². The van der Waals surface area contributed by atoms with Gasteiger partial charge in [0.1, 0.15) is 0 Å². The number of hydrogen-bond donors (Lipinski definition) is 1. The molecule has 1 heterocycles. The number of hydrogen-bond acceptors (Lipinski definition) is 4. The third-order valence-corrected chi connectivity index (χ3v) is 4.54. The first-order valence-electron chi connectivity index (χ1n) is 7.48. The molecule has 2 aromatic rings. The molecule has 1 aromatic heterocycles. The molecule has 120 valence electrons. The monoisotopic (exact) mass is 320 g/mol. The fourth-order valence-corrected chi connectivity index (χ4v) is 2.86. The Kier molecular flexibility index (Phi) is 6.06. The smallest absolute Gasteiger partial charge is 0.252 e. The molecule has 0 atom stereocenters. The van der Waals surface area contributed by atoms with Gasteiger partial charge in [-0.05, 0) is 43.7 Å². The Morgan fingerprint density at radius 3 is 2.73 bits per heavy atom. The summed E-state index contributed by atoms with van der Waals surface area (Å²) >= 11 is 1.67. The van der Waals surface area contributed by atoms with Gasteiger partial charge < -0.3 is 9.72 Å². The minimum absolute atomic E-state index is 0.00572. The Bertz CT molecular complexity index is 682. The number of nitrogens with zero attached hydrogens (tertiary/aromatic N) is 1. The van der Waals surface area contributed by atoms with Crippen molar-refractivity contribution in [2.24, 2.45) is 0 Å². The molecule has 0 aliphatic heterocycles. The Balaban J connectivity index is 2.30. The highest BCUT2D eigenvalue weighted by molar-refractivity contribution is 7.98. The van der Waals surface area contributed by atoms with Crippen LogP contribution in [0.1, 0.15) is 19.4 Å². The van der Waals surface area contributed by atoms with Crippen molar-refractivity contribution in [1.82, 2.24) is 9.88 Å².